The zero-order valence-electron chi connectivity index (χ0n) is 12.9. The molecule has 1 amide bonds. The zero-order chi connectivity index (χ0) is 15.6. The van der Waals surface area contributed by atoms with Crippen LogP contribution in [0.4, 0.5) is 4.79 Å². The summed E-state index contributed by atoms with van der Waals surface area (Å²) < 4.78 is 5.15. The average molecular weight is 290 g/mol. The summed E-state index contributed by atoms with van der Waals surface area (Å²) in [4.78, 5) is 14.9. The first-order chi connectivity index (χ1) is 9.78. The van der Waals surface area contributed by atoms with E-state index in [0.29, 0.717) is 0 Å². The van der Waals surface area contributed by atoms with Gasteiger partial charge in [0.15, 0.2) is 0 Å². The number of carbonyl (C=O) groups is 1. The predicted octanol–water partition coefficient (Wildman–Crippen LogP) is 3.03. The van der Waals surface area contributed by atoms with Crippen LogP contribution in [0.15, 0.2) is 24.3 Å². The highest BCUT2D eigenvalue weighted by Gasteiger charge is 2.20. The Morgan fingerprint density at radius 3 is 2.71 bits per heavy atom. The van der Waals surface area contributed by atoms with E-state index in [2.05, 4.69) is 10.3 Å². The molecule has 0 aliphatic carbocycles. The highest BCUT2D eigenvalue weighted by molar-refractivity contribution is 5.85. The molecule has 3 N–H and O–H groups in total. The highest BCUT2D eigenvalue weighted by Crippen LogP contribution is 2.27. The van der Waals surface area contributed by atoms with Crippen LogP contribution in [0, 0.1) is 6.92 Å². The fourth-order valence-corrected chi connectivity index (χ4v) is 2.32. The molecule has 0 saturated carbocycles. The lowest BCUT2D eigenvalue weighted by Gasteiger charge is -2.20. The standard InChI is InChI=1S/C16H22N2O3/c1-10-14(11-7-5-6-8-12(11)18-10)13(19)9-17-15(20)21-16(2,3)4/h5-8,13,18-19H,9H2,1-4H3,(H,17,20). The molecule has 0 bridgehead atoms. The number of benzene rings is 1. The van der Waals surface area contributed by atoms with Gasteiger partial charge in [-0.3, -0.25) is 0 Å². The first-order valence-corrected chi connectivity index (χ1v) is 7.00. The van der Waals surface area contributed by atoms with Crippen LogP contribution in [0.3, 0.4) is 0 Å². The van der Waals surface area contributed by atoms with Gasteiger partial charge >= 0.3 is 6.09 Å². The number of aryl methyl sites for hydroxylation is 1. The third kappa shape index (κ3) is 3.76. The van der Waals surface area contributed by atoms with Crippen LogP contribution in [0.25, 0.3) is 10.9 Å². The number of hydrogen-bond acceptors (Lipinski definition) is 3. The maximum Gasteiger partial charge on any atom is 0.407 e. The molecule has 0 radical (unpaired) electrons. The van der Waals surface area contributed by atoms with Gasteiger partial charge in [-0.15, -0.1) is 0 Å². The number of aliphatic hydroxyl groups excluding tert-OH is 1. The van der Waals surface area contributed by atoms with Gasteiger partial charge in [-0.05, 0) is 33.8 Å². The molecule has 1 atom stereocenters. The topological polar surface area (TPSA) is 74.4 Å². The molecule has 0 aliphatic rings. The Balaban J connectivity index is 2.07. The molecule has 0 fully saturated rings. The number of hydrogen-bond donors (Lipinski definition) is 3. The summed E-state index contributed by atoms with van der Waals surface area (Å²) in [5, 5.41) is 13.9. The van der Waals surface area contributed by atoms with Gasteiger partial charge in [0, 0.05) is 22.2 Å². The molecule has 2 rings (SSSR count). The van der Waals surface area contributed by atoms with Crippen molar-refractivity contribution in [1.29, 1.82) is 0 Å². The third-order valence-corrected chi connectivity index (χ3v) is 3.12. The van der Waals surface area contributed by atoms with Crippen molar-refractivity contribution < 1.29 is 14.6 Å². The minimum absolute atomic E-state index is 0.109. The van der Waals surface area contributed by atoms with Gasteiger partial charge < -0.3 is 20.1 Å². The molecule has 1 unspecified atom stereocenters. The molecule has 0 spiro atoms. The second-order valence-electron chi connectivity index (χ2n) is 6.11. The minimum Gasteiger partial charge on any atom is -0.444 e. The lowest BCUT2D eigenvalue weighted by Crippen LogP contribution is -2.34. The van der Waals surface area contributed by atoms with Crippen LogP contribution in [0.1, 0.15) is 38.1 Å². The summed E-state index contributed by atoms with van der Waals surface area (Å²) in [6.45, 7) is 7.41. The van der Waals surface area contributed by atoms with Crippen molar-refractivity contribution in [2.45, 2.75) is 39.4 Å². The Bertz CT molecular complexity index is 640. The maximum absolute atomic E-state index is 11.6. The van der Waals surface area contributed by atoms with E-state index in [-0.39, 0.29) is 6.54 Å². The zero-order valence-corrected chi connectivity index (χ0v) is 12.9. The number of nitrogens with one attached hydrogen (secondary N) is 2. The molecule has 5 nitrogen and oxygen atoms in total. The second kappa shape index (κ2) is 5.77. The first-order valence-electron chi connectivity index (χ1n) is 7.00. The number of alkyl carbamates (subject to hydrolysis) is 1. The van der Waals surface area contributed by atoms with Crippen molar-refractivity contribution in [3.8, 4) is 0 Å². The fraction of sp³-hybridized carbons (Fsp3) is 0.438. The van der Waals surface area contributed by atoms with Gasteiger partial charge in [-0.2, -0.15) is 0 Å². The van der Waals surface area contributed by atoms with Crippen LogP contribution in [-0.2, 0) is 4.74 Å². The van der Waals surface area contributed by atoms with Crippen molar-refractivity contribution in [1.82, 2.24) is 10.3 Å². The quantitative estimate of drug-likeness (QED) is 0.813. The molecule has 5 heteroatoms. The number of aromatic nitrogens is 1. The number of fused-ring (bicyclic) bond motifs is 1. The van der Waals surface area contributed by atoms with Gasteiger partial charge in [-0.25, -0.2) is 4.79 Å². The van der Waals surface area contributed by atoms with Crippen molar-refractivity contribution >= 4 is 17.0 Å². The monoisotopic (exact) mass is 290 g/mol. The van der Waals surface area contributed by atoms with Crippen LogP contribution in [-0.4, -0.2) is 28.3 Å². The number of ether oxygens (including phenoxy) is 1. The number of aromatic amines is 1. The molecule has 1 aromatic carbocycles. The number of rotatable bonds is 3. The van der Waals surface area contributed by atoms with Gasteiger partial charge in [0.2, 0.25) is 0 Å². The number of aliphatic hydroxyl groups is 1. The Morgan fingerprint density at radius 2 is 2.05 bits per heavy atom. The molecule has 114 valence electrons. The number of amides is 1. The van der Waals surface area contributed by atoms with E-state index in [1.807, 2.05) is 31.2 Å². The summed E-state index contributed by atoms with van der Waals surface area (Å²) in [6.07, 6.45) is -1.31. The SMILES string of the molecule is Cc1[nH]c2ccccc2c1C(O)CNC(=O)OC(C)(C)C. The Morgan fingerprint density at radius 1 is 1.38 bits per heavy atom. The second-order valence-corrected chi connectivity index (χ2v) is 6.11. The molecular formula is C16H22N2O3. The smallest absolute Gasteiger partial charge is 0.407 e. The van der Waals surface area contributed by atoms with E-state index < -0.39 is 17.8 Å². The maximum atomic E-state index is 11.6. The molecule has 2 aromatic rings. The fourth-order valence-electron chi connectivity index (χ4n) is 2.32. The summed E-state index contributed by atoms with van der Waals surface area (Å²) in [6, 6.07) is 7.77. The summed E-state index contributed by atoms with van der Waals surface area (Å²) in [5.74, 6) is 0. The van der Waals surface area contributed by atoms with E-state index in [1.54, 1.807) is 20.8 Å². The molecular weight excluding hydrogens is 268 g/mol. The summed E-state index contributed by atoms with van der Waals surface area (Å²) >= 11 is 0. The Kier molecular flexibility index (Phi) is 4.23. The lowest BCUT2D eigenvalue weighted by molar-refractivity contribution is 0.0492. The van der Waals surface area contributed by atoms with Crippen molar-refractivity contribution in [3.63, 3.8) is 0 Å². The van der Waals surface area contributed by atoms with Gasteiger partial charge in [-0.1, -0.05) is 18.2 Å². The van der Waals surface area contributed by atoms with Gasteiger partial charge in [0.05, 0.1) is 12.6 Å². The normalized spacial score (nSPS) is 13.2. The van der Waals surface area contributed by atoms with E-state index in [0.717, 1.165) is 22.2 Å². The van der Waals surface area contributed by atoms with Gasteiger partial charge in [0.25, 0.3) is 0 Å². The average Bonchev–Trinajstić information content (AvgIpc) is 2.70. The van der Waals surface area contributed by atoms with Crippen molar-refractivity contribution in [2.75, 3.05) is 6.54 Å². The lowest BCUT2D eigenvalue weighted by atomic mass is 10.1. The molecule has 0 saturated heterocycles. The van der Waals surface area contributed by atoms with E-state index >= 15 is 0 Å². The van der Waals surface area contributed by atoms with Crippen LogP contribution >= 0.6 is 0 Å². The Labute approximate surface area is 124 Å². The molecule has 21 heavy (non-hydrogen) atoms. The van der Waals surface area contributed by atoms with Crippen molar-refractivity contribution in [3.05, 3.63) is 35.5 Å². The van der Waals surface area contributed by atoms with E-state index in [1.165, 1.54) is 0 Å². The number of para-hydroxylation sites is 1. The third-order valence-electron chi connectivity index (χ3n) is 3.12. The predicted molar refractivity (Wildman–Crippen MR) is 82.2 cm³/mol. The summed E-state index contributed by atoms with van der Waals surface area (Å²) in [5.41, 5.74) is 2.13. The van der Waals surface area contributed by atoms with E-state index in [9.17, 15) is 9.90 Å². The highest BCUT2D eigenvalue weighted by atomic mass is 16.6. The Hall–Kier alpha value is -2.01. The van der Waals surface area contributed by atoms with Gasteiger partial charge in [0.1, 0.15) is 5.60 Å². The van der Waals surface area contributed by atoms with Crippen LogP contribution in [0.5, 0.6) is 0 Å². The minimum atomic E-state index is -0.784. The molecule has 0 aliphatic heterocycles. The largest absolute Gasteiger partial charge is 0.444 e. The summed E-state index contributed by atoms with van der Waals surface area (Å²) in [7, 11) is 0. The number of H-pyrrole nitrogens is 1. The molecule has 1 heterocycles. The van der Waals surface area contributed by atoms with Crippen LogP contribution < -0.4 is 5.32 Å². The van der Waals surface area contributed by atoms with E-state index in [4.69, 9.17) is 4.74 Å². The molecule has 1 aromatic heterocycles. The number of carbonyl (C=O) groups excluding carboxylic acids is 1. The first kappa shape index (κ1) is 15.4. The van der Waals surface area contributed by atoms with Crippen molar-refractivity contribution in [2.24, 2.45) is 0 Å². The van der Waals surface area contributed by atoms with Crippen LogP contribution in [0.2, 0.25) is 0 Å².